The molecule has 1 amide bonds. The van der Waals surface area contributed by atoms with Crippen LogP contribution in [-0.4, -0.2) is 54.7 Å². The molecule has 1 saturated heterocycles. The maximum Gasteiger partial charge on any atom is 0.295 e. The third kappa shape index (κ3) is 5.20. The van der Waals surface area contributed by atoms with E-state index in [1.165, 1.54) is 12.0 Å². The molecule has 0 bridgehead atoms. The van der Waals surface area contributed by atoms with Crippen LogP contribution in [-0.2, 0) is 14.3 Å². The first-order valence-electron chi connectivity index (χ1n) is 11.1. The second-order valence-corrected chi connectivity index (χ2v) is 8.12. The average Bonchev–Trinajstić information content (AvgIpc) is 3.04. The van der Waals surface area contributed by atoms with Crippen molar-refractivity contribution in [3.8, 4) is 11.5 Å². The number of ketones is 1. The SMILES string of the molecule is CCOc1cccc(C2/C(=C(\O)c3cc(C)ccc3OC)C(=O)C(=O)N2CCOC(C)C)c1. The Morgan fingerprint density at radius 1 is 1.15 bits per heavy atom. The molecule has 7 nitrogen and oxygen atoms in total. The van der Waals surface area contributed by atoms with Crippen molar-refractivity contribution >= 4 is 17.4 Å². The summed E-state index contributed by atoms with van der Waals surface area (Å²) in [7, 11) is 1.49. The van der Waals surface area contributed by atoms with Crippen LogP contribution in [0.15, 0.2) is 48.0 Å². The minimum atomic E-state index is -0.786. The lowest BCUT2D eigenvalue weighted by Crippen LogP contribution is -2.33. The maximum atomic E-state index is 13.2. The Bertz CT molecular complexity index is 1060. The van der Waals surface area contributed by atoms with E-state index in [1.54, 1.807) is 24.3 Å². The van der Waals surface area contributed by atoms with E-state index in [0.29, 0.717) is 29.2 Å². The minimum Gasteiger partial charge on any atom is -0.507 e. The van der Waals surface area contributed by atoms with Gasteiger partial charge >= 0.3 is 0 Å². The molecular weight excluding hydrogens is 422 g/mol. The Kier molecular flexibility index (Phi) is 7.76. The van der Waals surface area contributed by atoms with Crippen LogP contribution in [0.25, 0.3) is 5.76 Å². The minimum absolute atomic E-state index is 0.0156. The van der Waals surface area contributed by atoms with Gasteiger partial charge in [-0.3, -0.25) is 9.59 Å². The number of Topliss-reactive ketones (excluding diaryl/α,β-unsaturated/α-hetero) is 1. The van der Waals surface area contributed by atoms with Gasteiger partial charge < -0.3 is 24.2 Å². The van der Waals surface area contributed by atoms with E-state index < -0.39 is 17.7 Å². The first kappa shape index (κ1) is 24.3. The van der Waals surface area contributed by atoms with E-state index in [-0.39, 0.29) is 30.6 Å². The van der Waals surface area contributed by atoms with Gasteiger partial charge in [-0.05, 0) is 57.5 Å². The molecule has 176 valence electrons. The molecule has 0 radical (unpaired) electrons. The number of benzene rings is 2. The van der Waals surface area contributed by atoms with Gasteiger partial charge in [0.25, 0.3) is 11.7 Å². The Hall–Kier alpha value is -3.32. The van der Waals surface area contributed by atoms with Crippen LogP contribution < -0.4 is 9.47 Å². The zero-order chi connectivity index (χ0) is 24.1. The number of carbonyl (C=O) groups is 2. The summed E-state index contributed by atoms with van der Waals surface area (Å²) in [4.78, 5) is 27.7. The second-order valence-electron chi connectivity index (χ2n) is 8.12. The summed E-state index contributed by atoms with van der Waals surface area (Å²) in [5.41, 5.74) is 1.92. The lowest BCUT2D eigenvalue weighted by Gasteiger charge is -2.26. The molecule has 33 heavy (non-hydrogen) atoms. The van der Waals surface area contributed by atoms with Crippen LogP contribution in [0.1, 0.15) is 43.5 Å². The highest BCUT2D eigenvalue weighted by Gasteiger charge is 2.46. The number of methoxy groups -OCH3 is 1. The van der Waals surface area contributed by atoms with Crippen molar-refractivity contribution in [2.24, 2.45) is 0 Å². The first-order chi connectivity index (χ1) is 15.8. The lowest BCUT2D eigenvalue weighted by molar-refractivity contribution is -0.140. The van der Waals surface area contributed by atoms with Crippen LogP contribution in [0.3, 0.4) is 0 Å². The molecule has 2 aromatic carbocycles. The van der Waals surface area contributed by atoms with Gasteiger partial charge in [0.1, 0.15) is 17.3 Å². The molecule has 7 heteroatoms. The van der Waals surface area contributed by atoms with Gasteiger partial charge in [0.2, 0.25) is 0 Å². The van der Waals surface area contributed by atoms with Gasteiger partial charge in [0.15, 0.2) is 0 Å². The van der Waals surface area contributed by atoms with Gasteiger partial charge in [-0.15, -0.1) is 0 Å². The third-order valence-electron chi connectivity index (χ3n) is 5.42. The van der Waals surface area contributed by atoms with E-state index in [0.717, 1.165) is 5.56 Å². The Morgan fingerprint density at radius 3 is 2.58 bits per heavy atom. The van der Waals surface area contributed by atoms with E-state index in [2.05, 4.69) is 0 Å². The van der Waals surface area contributed by atoms with Crippen molar-refractivity contribution in [3.63, 3.8) is 0 Å². The van der Waals surface area contributed by atoms with Gasteiger partial charge in [-0.2, -0.15) is 0 Å². The molecule has 1 unspecified atom stereocenters. The molecule has 0 aliphatic carbocycles. The molecule has 1 heterocycles. The molecule has 1 fully saturated rings. The van der Waals surface area contributed by atoms with Crippen molar-refractivity contribution in [2.75, 3.05) is 26.9 Å². The van der Waals surface area contributed by atoms with Crippen LogP contribution >= 0.6 is 0 Å². The number of likely N-dealkylation sites (tertiary alicyclic amines) is 1. The third-order valence-corrected chi connectivity index (χ3v) is 5.42. The Morgan fingerprint density at radius 2 is 1.91 bits per heavy atom. The largest absolute Gasteiger partial charge is 0.507 e. The van der Waals surface area contributed by atoms with Crippen LogP contribution in [0.5, 0.6) is 11.5 Å². The molecular formula is C26H31NO6. The normalized spacial score (nSPS) is 17.6. The average molecular weight is 454 g/mol. The molecule has 0 spiro atoms. The molecule has 1 aliphatic rings. The molecule has 2 aromatic rings. The molecule has 1 atom stereocenters. The number of nitrogens with zero attached hydrogens (tertiary/aromatic N) is 1. The van der Waals surface area contributed by atoms with Gasteiger partial charge in [-0.1, -0.05) is 23.8 Å². The highest BCUT2D eigenvalue weighted by atomic mass is 16.5. The number of carbonyl (C=O) groups excluding carboxylic acids is 2. The quantitative estimate of drug-likeness (QED) is 0.347. The molecule has 1 aliphatic heterocycles. The van der Waals surface area contributed by atoms with E-state index in [9.17, 15) is 14.7 Å². The van der Waals surface area contributed by atoms with E-state index in [4.69, 9.17) is 14.2 Å². The van der Waals surface area contributed by atoms with Gasteiger partial charge in [0, 0.05) is 6.54 Å². The number of ether oxygens (including phenoxy) is 3. The Labute approximate surface area is 194 Å². The molecule has 3 rings (SSSR count). The predicted octanol–water partition coefficient (Wildman–Crippen LogP) is 4.25. The number of hydrogen-bond donors (Lipinski definition) is 1. The topological polar surface area (TPSA) is 85.3 Å². The fourth-order valence-electron chi connectivity index (χ4n) is 3.94. The summed E-state index contributed by atoms with van der Waals surface area (Å²) in [6, 6.07) is 11.7. The number of aliphatic hydroxyl groups is 1. The Balaban J connectivity index is 2.17. The van der Waals surface area contributed by atoms with Crippen LogP contribution in [0.4, 0.5) is 0 Å². The smallest absolute Gasteiger partial charge is 0.295 e. The number of rotatable bonds is 9. The molecule has 0 saturated carbocycles. The lowest BCUT2D eigenvalue weighted by atomic mass is 9.94. The van der Waals surface area contributed by atoms with Crippen molar-refractivity contribution in [1.82, 2.24) is 4.90 Å². The summed E-state index contributed by atoms with van der Waals surface area (Å²) >= 11 is 0. The summed E-state index contributed by atoms with van der Waals surface area (Å²) < 4.78 is 16.7. The standard InChI is InChI=1S/C26H31NO6/c1-6-32-19-9-7-8-18(15-19)23-22(24(28)20-14-17(4)10-11-21(20)31-5)25(29)26(30)27(23)12-13-33-16(2)3/h7-11,14-16,23,28H,6,12-13H2,1-5H3/b24-22+. The predicted molar refractivity (Wildman–Crippen MR) is 125 cm³/mol. The van der Waals surface area contributed by atoms with Crippen molar-refractivity contribution in [1.29, 1.82) is 0 Å². The monoisotopic (exact) mass is 453 g/mol. The van der Waals surface area contributed by atoms with Gasteiger partial charge in [0.05, 0.1) is 43.6 Å². The fraction of sp³-hybridized carbons (Fsp3) is 0.385. The zero-order valence-corrected chi connectivity index (χ0v) is 19.8. The number of hydrogen-bond acceptors (Lipinski definition) is 6. The van der Waals surface area contributed by atoms with E-state index >= 15 is 0 Å². The second kappa shape index (κ2) is 10.5. The highest BCUT2D eigenvalue weighted by molar-refractivity contribution is 6.46. The number of amides is 1. The number of aryl methyl sites for hydroxylation is 1. The highest BCUT2D eigenvalue weighted by Crippen LogP contribution is 2.41. The van der Waals surface area contributed by atoms with Crippen LogP contribution in [0, 0.1) is 6.92 Å². The van der Waals surface area contributed by atoms with Crippen molar-refractivity contribution < 1.29 is 28.9 Å². The van der Waals surface area contributed by atoms with Crippen molar-refractivity contribution in [3.05, 3.63) is 64.7 Å². The van der Waals surface area contributed by atoms with Crippen molar-refractivity contribution in [2.45, 2.75) is 39.8 Å². The summed E-state index contributed by atoms with van der Waals surface area (Å²) in [6.45, 7) is 8.51. The summed E-state index contributed by atoms with van der Waals surface area (Å²) in [6.07, 6.45) is -0.0156. The zero-order valence-electron chi connectivity index (χ0n) is 19.8. The maximum absolute atomic E-state index is 13.2. The van der Waals surface area contributed by atoms with Crippen LogP contribution in [0.2, 0.25) is 0 Å². The summed E-state index contributed by atoms with van der Waals surface area (Å²) in [5.74, 6) is -0.663. The molecule has 0 aromatic heterocycles. The first-order valence-corrected chi connectivity index (χ1v) is 11.1. The number of aliphatic hydroxyl groups excluding tert-OH is 1. The van der Waals surface area contributed by atoms with Gasteiger partial charge in [-0.25, -0.2) is 0 Å². The summed E-state index contributed by atoms with van der Waals surface area (Å²) in [5, 5.41) is 11.3. The van der Waals surface area contributed by atoms with E-state index in [1.807, 2.05) is 45.9 Å². The fourth-order valence-corrected chi connectivity index (χ4v) is 3.94. The molecule has 1 N–H and O–H groups in total.